The first-order valence-electron chi connectivity index (χ1n) is 8.37. The van der Waals surface area contributed by atoms with E-state index in [1.165, 1.54) is 5.56 Å². The lowest BCUT2D eigenvalue weighted by Gasteiger charge is -2.17. The van der Waals surface area contributed by atoms with Crippen LogP contribution in [-0.4, -0.2) is 30.6 Å². The molecule has 2 aromatic carbocycles. The molecule has 136 valence electrons. The van der Waals surface area contributed by atoms with Gasteiger partial charge >= 0.3 is 0 Å². The molecule has 2 rings (SSSR count). The van der Waals surface area contributed by atoms with Crippen LogP contribution in [-0.2, 0) is 6.42 Å². The molecule has 0 heterocycles. The number of aliphatic hydroxyl groups is 1. The van der Waals surface area contributed by atoms with Gasteiger partial charge in [0.2, 0.25) is 0 Å². The van der Waals surface area contributed by atoms with Gasteiger partial charge in [0.1, 0.15) is 0 Å². The molecular formula is C20H27ClN2O2. The molecule has 0 fully saturated rings. The highest BCUT2D eigenvalue weighted by molar-refractivity contribution is 5.93. The number of aliphatic hydroxyl groups excluding tert-OH is 1. The molecule has 2 aromatic rings. The first kappa shape index (κ1) is 21.2. The Bertz CT molecular complexity index is 632. The average Bonchev–Trinajstić information content (AvgIpc) is 2.64. The summed E-state index contributed by atoms with van der Waals surface area (Å²) < 4.78 is 0. The number of nitrogens with one attached hydrogen (secondary N) is 2. The van der Waals surface area contributed by atoms with Crippen LogP contribution < -0.4 is 10.6 Å². The third kappa shape index (κ3) is 6.86. The predicted molar refractivity (Wildman–Crippen MR) is 104 cm³/mol. The summed E-state index contributed by atoms with van der Waals surface area (Å²) in [5.41, 5.74) is 2.82. The van der Waals surface area contributed by atoms with Gasteiger partial charge in [0, 0.05) is 25.2 Å². The van der Waals surface area contributed by atoms with E-state index in [2.05, 4.69) is 17.6 Å². The van der Waals surface area contributed by atoms with Crippen molar-refractivity contribution in [3.05, 3.63) is 71.3 Å². The largest absolute Gasteiger partial charge is 0.387 e. The van der Waals surface area contributed by atoms with Gasteiger partial charge in [-0.3, -0.25) is 4.79 Å². The van der Waals surface area contributed by atoms with Crippen LogP contribution in [0.3, 0.4) is 0 Å². The van der Waals surface area contributed by atoms with E-state index in [0.29, 0.717) is 18.2 Å². The van der Waals surface area contributed by atoms with Gasteiger partial charge in [0.25, 0.3) is 5.91 Å². The van der Waals surface area contributed by atoms with Crippen molar-refractivity contribution in [1.82, 2.24) is 10.6 Å². The molecule has 25 heavy (non-hydrogen) atoms. The molecule has 0 unspecified atom stereocenters. The van der Waals surface area contributed by atoms with E-state index in [9.17, 15) is 9.90 Å². The lowest BCUT2D eigenvalue weighted by molar-refractivity contribution is 0.0963. The zero-order valence-electron chi connectivity index (χ0n) is 14.7. The van der Waals surface area contributed by atoms with Crippen molar-refractivity contribution in [2.45, 2.75) is 31.9 Å². The molecule has 0 radical (unpaired) electrons. The first-order valence-corrected chi connectivity index (χ1v) is 8.37. The number of carbonyl (C=O) groups excluding carboxylic acids is 1. The van der Waals surface area contributed by atoms with Crippen LogP contribution in [0.2, 0.25) is 0 Å². The Kier molecular flexibility index (Phi) is 9.21. The topological polar surface area (TPSA) is 61.4 Å². The number of hydrogen-bond acceptors (Lipinski definition) is 3. The van der Waals surface area contributed by atoms with Gasteiger partial charge in [-0.05, 0) is 43.0 Å². The van der Waals surface area contributed by atoms with Gasteiger partial charge in [0.05, 0.1) is 6.10 Å². The summed E-state index contributed by atoms with van der Waals surface area (Å²) in [4.78, 5) is 11.5. The Hall–Kier alpha value is -1.88. The number of aryl methyl sites for hydroxylation is 1. The molecule has 4 nitrogen and oxygen atoms in total. The lowest BCUT2D eigenvalue weighted by Crippen LogP contribution is -2.30. The van der Waals surface area contributed by atoms with E-state index >= 15 is 0 Å². The zero-order chi connectivity index (χ0) is 17.4. The maximum atomic E-state index is 11.5. The molecule has 0 bridgehead atoms. The third-order valence-electron chi connectivity index (χ3n) is 4.15. The van der Waals surface area contributed by atoms with Gasteiger partial charge in [-0.1, -0.05) is 42.5 Å². The van der Waals surface area contributed by atoms with Crippen LogP contribution in [0.15, 0.2) is 54.6 Å². The monoisotopic (exact) mass is 362 g/mol. The standard InChI is InChI=1S/C20H26N2O2.ClH/c1-15(22-14-19(23)17-6-4-3-5-7-17)8-9-16-10-12-18(13-11-16)20(24)21-2;/h3-7,10-13,15,19,22-23H,8-9,14H2,1-2H3,(H,21,24);1H/t15-,19-;/m0./s1. The number of rotatable bonds is 8. The quantitative estimate of drug-likeness (QED) is 0.676. The number of hydrogen-bond donors (Lipinski definition) is 3. The van der Waals surface area contributed by atoms with E-state index in [-0.39, 0.29) is 18.3 Å². The Morgan fingerprint density at radius 3 is 2.32 bits per heavy atom. The minimum atomic E-state index is -0.486. The second-order valence-electron chi connectivity index (χ2n) is 6.05. The maximum absolute atomic E-state index is 11.5. The first-order chi connectivity index (χ1) is 11.6. The van der Waals surface area contributed by atoms with Gasteiger partial charge in [0.15, 0.2) is 0 Å². The molecule has 0 spiro atoms. The van der Waals surface area contributed by atoms with Crippen molar-refractivity contribution in [3.8, 4) is 0 Å². The Labute approximate surface area is 156 Å². The summed E-state index contributed by atoms with van der Waals surface area (Å²) >= 11 is 0. The van der Waals surface area contributed by atoms with Crippen molar-refractivity contribution in [2.75, 3.05) is 13.6 Å². The van der Waals surface area contributed by atoms with Crippen molar-refractivity contribution >= 4 is 18.3 Å². The molecule has 0 saturated heterocycles. The zero-order valence-corrected chi connectivity index (χ0v) is 15.6. The summed E-state index contributed by atoms with van der Waals surface area (Å²) in [5.74, 6) is -0.0634. The van der Waals surface area contributed by atoms with Crippen LogP contribution in [0.25, 0.3) is 0 Å². The highest BCUT2D eigenvalue weighted by Crippen LogP contribution is 2.12. The lowest BCUT2D eigenvalue weighted by atomic mass is 10.0. The van der Waals surface area contributed by atoms with E-state index in [4.69, 9.17) is 0 Å². The molecule has 1 amide bonds. The number of halogens is 1. The number of carbonyl (C=O) groups is 1. The van der Waals surface area contributed by atoms with Crippen molar-refractivity contribution < 1.29 is 9.90 Å². The molecule has 5 heteroatoms. The molecule has 0 aliphatic heterocycles. The molecule has 0 aromatic heterocycles. The summed E-state index contributed by atoms with van der Waals surface area (Å²) in [6.45, 7) is 2.66. The predicted octanol–water partition coefficient (Wildman–Crippen LogP) is 3.11. The van der Waals surface area contributed by atoms with Crippen LogP contribution in [0.1, 0.15) is 40.9 Å². The van der Waals surface area contributed by atoms with E-state index in [0.717, 1.165) is 18.4 Å². The average molecular weight is 363 g/mol. The second-order valence-corrected chi connectivity index (χ2v) is 6.05. The van der Waals surface area contributed by atoms with Gasteiger partial charge in [-0.25, -0.2) is 0 Å². The minimum absolute atomic E-state index is 0. The van der Waals surface area contributed by atoms with E-state index < -0.39 is 6.10 Å². The fourth-order valence-corrected chi connectivity index (χ4v) is 2.56. The number of benzene rings is 2. The summed E-state index contributed by atoms with van der Waals surface area (Å²) in [6.07, 6.45) is 1.42. The van der Waals surface area contributed by atoms with Crippen LogP contribution >= 0.6 is 12.4 Å². The fraction of sp³-hybridized carbons (Fsp3) is 0.350. The highest BCUT2D eigenvalue weighted by atomic mass is 35.5. The van der Waals surface area contributed by atoms with E-state index in [1.54, 1.807) is 7.05 Å². The molecular weight excluding hydrogens is 336 g/mol. The molecule has 0 aliphatic carbocycles. The maximum Gasteiger partial charge on any atom is 0.251 e. The van der Waals surface area contributed by atoms with Gasteiger partial charge in [-0.15, -0.1) is 12.4 Å². The summed E-state index contributed by atoms with van der Waals surface area (Å²) in [7, 11) is 1.63. The van der Waals surface area contributed by atoms with Gasteiger partial charge < -0.3 is 15.7 Å². The number of amides is 1. The van der Waals surface area contributed by atoms with Crippen molar-refractivity contribution in [3.63, 3.8) is 0 Å². The Balaban J connectivity index is 0.00000312. The van der Waals surface area contributed by atoms with Crippen LogP contribution in [0.4, 0.5) is 0 Å². The molecule has 3 N–H and O–H groups in total. The fourth-order valence-electron chi connectivity index (χ4n) is 2.56. The smallest absolute Gasteiger partial charge is 0.251 e. The van der Waals surface area contributed by atoms with Crippen molar-refractivity contribution in [1.29, 1.82) is 0 Å². The second kappa shape index (κ2) is 10.9. The SMILES string of the molecule is CNC(=O)c1ccc(CC[C@H](C)NC[C@H](O)c2ccccc2)cc1.Cl. The van der Waals surface area contributed by atoms with Crippen LogP contribution in [0.5, 0.6) is 0 Å². The summed E-state index contributed by atoms with van der Waals surface area (Å²) in [5, 5.41) is 16.2. The Morgan fingerprint density at radius 1 is 1.08 bits per heavy atom. The Morgan fingerprint density at radius 2 is 1.72 bits per heavy atom. The van der Waals surface area contributed by atoms with Gasteiger partial charge in [-0.2, -0.15) is 0 Å². The highest BCUT2D eigenvalue weighted by Gasteiger charge is 2.09. The summed E-state index contributed by atoms with van der Waals surface area (Å²) in [6, 6.07) is 17.7. The van der Waals surface area contributed by atoms with E-state index in [1.807, 2.05) is 54.6 Å². The molecule has 0 saturated carbocycles. The van der Waals surface area contributed by atoms with Crippen LogP contribution in [0, 0.1) is 0 Å². The normalized spacial score (nSPS) is 12.8. The van der Waals surface area contributed by atoms with Crippen molar-refractivity contribution in [2.24, 2.45) is 0 Å². The molecule has 0 aliphatic rings. The molecule has 2 atom stereocenters. The minimum Gasteiger partial charge on any atom is -0.387 e. The third-order valence-corrected chi connectivity index (χ3v) is 4.15.